The second-order valence-electron chi connectivity index (χ2n) is 10.6. The lowest BCUT2D eigenvalue weighted by Gasteiger charge is -2.37. The van der Waals surface area contributed by atoms with Crippen LogP contribution in [0.2, 0.25) is 18.1 Å². The lowest BCUT2D eigenvalue weighted by Crippen LogP contribution is -2.51. The highest BCUT2D eigenvalue weighted by molar-refractivity contribution is 6.74. The van der Waals surface area contributed by atoms with Crippen LogP contribution in [-0.2, 0) is 9.16 Å². The van der Waals surface area contributed by atoms with E-state index in [1.54, 1.807) is 4.90 Å². The van der Waals surface area contributed by atoms with Crippen molar-refractivity contribution in [2.24, 2.45) is 5.73 Å². The van der Waals surface area contributed by atoms with Crippen LogP contribution < -0.4 is 5.73 Å². The molecule has 0 saturated heterocycles. The molecule has 6 heteroatoms. The summed E-state index contributed by atoms with van der Waals surface area (Å²) in [6.45, 7) is 22.8. The number of carbonyl (C=O) groups excluding carboxylic acids is 1. The van der Waals surface area contributed by atoms with E-state index in [2.05, 4.69) is 40.8 Å². The van der Waals surface area contributed by atoms with Crippen molar-refractivity contribution in [2.45, 2.75) is 110 Å². The van der Waals surface area contributed by atoms with Gasteiger partial charge in [-0.1, -0.05) is 40.5 Å². The number of hydrogen-bond acceptors (Lipinski definition) is 4. The predicted octanol–water partition coefficient (Wildman–Crippen LogP) is 5.54. The first-order chi connectivity index (χ1) is 12.0. The van der Waals surface area contributed by atoms with E-state index in [1.807, 2.05) is 27.7 Å². The first kappa shape index (κ1) is 26.4. The Bertz CT molecular complexity index is 451. The largest absolute Gasteiger partial charge is 0.444 e. The fraction of sp³-hybridized carbons (Fsp3) is 0.952. The lowest BCUT2D eigenvalue weighted by molar-refractivity contribution is 0.0198. The van der Waals surface area contributed by atoms with Gasteiger partial charge in [0.05, 0.1) is 0 Å². The summed E-state index contributed by atoms with van der Waals surface area (Å²) < 4.78 is 11.9. The smallest absolute Gasteiger partial charge is 0.410 e. The molecule has 162 valence electrons. The minimum absolute atomic E-state index is 0.188. The van der Waals surface area contributed by atoms with Gasteiger partial charge in [0.1, 0.15) is 5.60 Å². The van der Waals surface area contributed by atoms with Gasteiger partial charge >= 0.3 is 6.09 Å². The van der Waals surface area contributed by atoms with Crippen LogP contribution in [-0.4, -0.2) is 50.1 Å². The highest BCUT2D eigenvalue weighted by Gasteiger charge is 2.37. The topological polar surface area (TPSA) is 64.8 Å². The predicted molar refractivity (Wildman–Crippen MR) is 118 cm³/mol. The Labute approximate surface area is 169 Å². The molecule has 0 saturated carbocycles. The molecular weight excluding hydrogens is 356 g/mol. The third kappa shape index (κ3) is 11.1. The molecule has 0 aliphatic carbocycles. The molecule has 0 unspecified atom stereocenters. The van der Waals surface area contributed by atoms with Gasteiger partial charge < -0.3 is 19.8 Å². The summed E-state index contributed by atoms with van der Waals surface area (Å²) in [6.07, 6.45) is 3.55. The van der Waals surface area contributed by atoms with Gasteiger partial charge in [0.25, 0.3) is 0 Å². The van der Waals surface area contributed by atoms with Crippen LogP contribution in [0.4, 0.5) is 4.79 Å². The maximum Gasteiger partial charge on any atom is 0.410 e. The minimum Gasteiger partial charge on any atom is -0.444 e. The highest BCUT2D eigenvalue weighted by atomic mass is 28.4. The molecule has 1 atom stereocenters. The molecule has 0 spiro atoms. The Morgan fingerprint density at radius 1 is 1.04 bits per heavy atom. The van der Waals surface area contributed by atoms with E-state index in [4.69, 9.17) is 14.9 Å². The molecule has 0 aromatic heterocycles. The van der Waals surface area contributed by atoms with Crippen LogP contribution in [0, 0.1) is 0 Å². The number of nitrogens with two attached hydrogens (primary N) is 1. The number of ether oxygens (including phenoxy) is 1. The van der Waals surface area contributed by atoms with Gasteiger partial charge in [-0.2, -0.15) is 0 Å². The van der Waals surface area contributed by atoms with Crippen molar-refractivity contribution in [3.63, 3.8) is 0 Å². The van der Waals surface area contributed by atoms with E-state index in [-0.39, 0.29) is 11.1 Å². The first-order valence-electron chi connectivity index (χ1n) is 10.4. The van der Waals surface area contributed by atoms with Crippen molar-refractivity contribution >= 4 is 14.4 Å². The molecule has 0 aromatic rings. The Morgan fingerprint density at radius 2 is 1.59 bits per heavy atom. The van der Waals surface area contributed by atoms with Crippen LogP contribution in [0.15, 0.2) is 0 Å². The molecule has 0 bridgehead atoms. The van der Waals surface area contributed by atoms with E-state index < -0.39 is 19.5 Å². The minimum atomic E-state index is -1.77. The lowest BCUT2D eigenvalue weighted by atomic mass is 9.95. The van der Waals surface area contributed by atoms with Crippen LogP contribution >= 0.6 is 0 Å². The summed E-state index contributed by atoms with van der Waals surface area (Å²) in [5, 5.41) is 0.188. The fourth-order valence-corrected chi connectivity index (χ4v) is 3.54. The molecule has 0 aliphatic heterocycles. The van der Waals surface area contributed by atoms with Crippen molar-refractivity contribution in [3.8, 4) is 0 Å². The molecular formula is C21H46N2O3Si. The second kappa shape index (κ2) is 10.3. The number of amides is 1. The van der Waals surface area contributed by atoms with Crippen LogP contribution in [0.25, 0.3) is 0 Å². The summed E-state index contributed by atoms with van der Waals surface area (Å²) >= 11 is 0. The van der Waals surface area contributed by atoms with Gasteiger partial charge in [-0.15, -0.1) is 0 Å². The molecule has 0 aliphatic rings. The summed E-state index contributed by atoms with van der Waals surface area (Å²) in [5.41, 5.74) is 5.54. The SMILES string of the molecule is CCCC[C@](C)(N)CN(CCCO[Si](C)(C)C(C)(C)C)C(=O)OC(C)(C)C. The Morgan fingerprint density at radius 3 is 2.04 bits per heavy atom. The van der Waals surface area contributed by atoms with E-state index in [9.17, 15) is 4.79 Å². The number of rotatable bonds is 10. The molecule has 0 heterocycles. The molecule has 1 amide bonds. The number of nitrogens with zero attached hydrogens (tertiary/aromatic N) is 1. The summed E-state index contributed by atoms with van der Waals surface area (Å²) in [4.78, 5) is 14.4. The van der Waals surface area contributed by atoms with Crippen LogP contribution in [0.3, 0.4) is 0 Å². The third-order valence-corrected chi connectivity index (χ3v) is 9.68. The molecule has 5 nitrogen and oxygen atoms in total. The summed E-state index contributed by atoms with van der Waals surface area (Å²) in [7, 11) is -1.77. The molecule has 0 radical (unpaired) electrons. The van der Waals surface area contributed by atoms with E-state index >= 15 is 0 Å². The average Bonchev–Trinajstić information content (AvgIpc) is 2.45. The second-order valence-corrected chi connectivity index (χ2v) is 15.4. The number of carbonyl (C=O) groups is 1. The molecule has 0 rings (SSSR count). The Hall–Kier alpha value is -0.593. The molecule has 2 N–H and O–H groups in total. The van der Waals surface area contributed by atoms with Crippen molar-refractivity contribution < 1.29 is 14.0 Å². The normalized spacial score (nSPS) is 15.4. The fourth-order valence-electron chi connectivity index (χ4n) is 2.46. The molecule has 27 heavy (non-hydrogen) atoms. The van der Waals surface area contributed by atoms with Crippen molar-refractivity contribution in [1.29, 1.82) is 0 Å². The zero-order valence-electron chi connectivity index (χ0n) is 19.7. The quantitative estimate of drug-likeness (QED) is 0.385. The van der Waals surface area contributed by atoms with Crippen molar-refractivity contribution in [3.05, 3.63) is 0 Å². The zero-order valence-corrected chi connectivity index (χ0v) is 20.7. The zero-order chi connectivity index (χ0) is 21.5. The monoisotopic (exact) mass is 402 g/mol. The van der Waals surface area contributed by atoms with Gasteiger partial charge in [-0.3, -0.25) is 0 Å². The van der Waals surface area contributed by atoms with Gasteiger partial charge in [0, 0.05) is 25.2 Å². The van der Waals surface area contributed by atoms with Gasteiger partial charge in [0.15, 0.2) is 8.32 Å². The highest BCUT2D eigenvalue weighted by Crippen LogP contribution is 2.36. The maximum absolute atomic E-state index is 12.7. The third-order valence-electron chi connectivity index (χ3n) is 5.15. The standard InChI is InChI=1S/C21H46N2O3Si/c1-11-12-14-21(8,22)17-23(18(24)26-19(2,3)4)15-13-16-25-27(9,10)20(5,6)7/h11-17,22H2,1-10H3/t21-/m0/s1. The van der Waals surface area contributed by atoms with Crippen molar-refractivity contribution in [2.75, 3.05) is 19.7 Å². The molecule has 0 aromatic carbocycles. The van der Waals surface area contributed by atoms with Crippen LogP contribution in [0.1, 0.15) is 81.1 Å². The Kier molecular flexibility index (Phi) is 10.0. The number of unbranched alkanes of at least 4 members (excludes halogenated alkanes) is 1. The summed E-state index contributed by atoms with van der Waals surface area (Å²) in [6, 6.07) is 0. The van der Waals surface area contributed by atoms with Crippen LogP contribution in [0.5, 0.6) is 0 Å². The van der Waals surface area contributed by atoms with Gasteiger partial charge in [-0.25, -0.2) is 4.79 Å². The first-order valence-corrected chi connectivity index (χ1v) is 13.3. The molecule has 0 fully saturated rings. The van der Waals surface area contributed by atoms with Gasteiger partial charge in [-0.05, 0) is 58.7 Å². The van der Waals surface area contributed by atoms with E-state index in [0.717, 1.165) is 25.7 Å². The van der Waals surface area contributed by atoms with Crippen molar-refractivity contribution in [1.82, 2.24) is 4.90 Å². The van der Waals surface area contributed by atoms with E-state index in [1.165, 1.54) is 0 Å². The Balaban J connectivity index is 4.88. The average molecular weight is 403 g/mol. The van der Waals surface area contributed by atoms with E-state index in [0.29, 0.717) is 19.7 Å². The van der Waals surface area contributed by atoms with Gasteiger partial charge in [0.2, 0.25) is 0 Å². The maximum atomic E-state index is 12.7. The summed E-state index contributed by atoms with van der Waals surface area (Å²) in [5.74, 6) is 0. The number of hydrogen-bond donors (Lipinski definition) is 1.